The number of nitrogens with zero attached hydrogens (tertiary/aromatic N) is 1. The van der Waals surface area contributed by atoms with Crippen LogP contribution >= 0.6 is 0 Å². The molecule has 1 aliphatic carbocycles. The highest BCUT2D eigenvalue weighted by molar-refractivity contribution is 6.00. The summed E-state index contributed by atoms with van der Waals surface area (Å²) in [5.74, 6) is -0.0840. The number of aromatic nitrogens is 2. The minimum Gasteiger partial charge on any atom is -0.345 e. The zero-order valence-electron chi connectivity index (χ0n) is 12.6. The molecular formula is C19H17N3O. The normalized spacial score (nSPS) is 16.1. The number of amides is 1. The molecule has 3 aromatic rings. The van der Waals surface area contributed by atoms with Crippen molar-refractivity contribution in [3.05, 3.63) is 77.5 Å². The summed E-state index contributed by atoms with van der Waals surface area (Å²) < 4.78 is 0. The van der Waals surface area contributed by atoms with Crippen LogP contribution in [0.4, 0.5) is 0 Å². The average Bonchev–Trinajstić information content (AvgIpc) is 3.23. The summed E-state index contributed by atoms with van der Waals surface area (Å²) in [6, 6.07) is 18.2. The third-order valence-corrected chi connectivity index (χ3v) is 4.38. The van der Waals surface area contributed by atoms with Crippen molar-refractivity contribution in [3.63, 3.8) is 0 Å². The minimum atomic E-state index is -0.0840. The van der Waals surface area contributed by atoms with Gasteiger partial charge in [0.25, 0.3) is 5.91 Å². The van der Waals surface area contributed by atoms with Crippen molar-refractivity contribution in [1.29, 1.82) is 0 Å². The Kier molecular flexibility index (Phi) is 3.42. The van der Waals surface area contributed by atoms with Crippen LogP contribution < -0.4 is 5.32 Å². The first-order valence-corrected chi connectivity index (χ1v) is 7.80. The molecule has 1 aromatic heterocycles. The fraction of sp³-hybridized carbons (Fsp3) is 0.158. The monoisotopic (exact) mass is 303 g/mol. The van der Waals surface area contributed by atoms with E-state index in [1.165, 1.54) is 11.1 Å². The summed E-state index contributed by atoms with van der Waals surface area (Å²) in [7, 11) is 0. The first kappa shape index (κ1) is 13.8. The number of nitrogens with one attached hydrogen (secondary N) is 2. The molecule has 0 saturated heterocycles. The Hall–Kier alpha value is -2.88. The molecule has 0 bridgehead atoms. The van der Waals surface area contributed by atoms with Crippen LogP contribution in [0, 0.1) is 0 Å². The van der Waals surface area contributed by atoms with Gasteiger partial charge in [0.05, 0.1) is 23.5 Å². The lowest BCUT2D eigenvalue weighted by Gasteiger charge is -2.14. The maximum atomic E-state index is 12.7. The molecule has 0 aliphatic heterocycles. The van der Waals surface area contributed by atoms with E-state index in [1.807, 2.05) is 42.5 Å². The molecule has 114 valence electrons. The first-order chi connectivity index (χ1) is 11.3. The van der Waals surface area contributed by atoms with Crippen LogP contribution in [0.2, 0.25) is 0 Å². The Bertz CT molecular complexity index is 839. The Morgan fingerprint density at radius 2 is 1.87 bits per heavy atom. The van der Waals surface area contributed by atoms with Crippen LogP contribution in [0.25, 0.3) is 11.3 Å². The highest BCUT2D eigenvalue weighted by Gasteiger charge is 2.25. The number of hydrogen-bond acceptors (Lipinski definition) is 2. The third-order valence-electron chi connectivity index (χ3n) is 4.38. The van der Waals surface area contributed by atoms with Crippen molar-refractivity contribution >= 4 is 5.91 Å². The van der Waals surface area contributed by atoms with Crippen LogP contribution in [0.15, 0.2) is 60.8 Å². The predicted molar refractivity (Wildman–Crippen MR) is 89.0 cm³/mol. The second-order valence-electron chi connectivity index (χ2n) is 5.79. The van der Waals surface area contributed by atoms with Gasteiger partial charge in [0.1, 0.15) is 0 Å². The van der Waals surface area contributed by atoms with Gasteiger partial charge >= 0.3 is 0 Å². The van der Waals surface area contributed by atoms with E-state index in [0.717, 1.165) is 24.1 Å². The van der Waals surface area contributed by atoms with Gasteiger partial charge in [0.15, 0.2) is 0 Å². The largest absolute Gasteiger partial charge is 0.345 e. The molecule has 23 heavy (non-hydrogen) atoms. The number of carbonyl (C=O) groups is 1. The zero-order valence-corrected chi connectivity index (χ0v) is 12.6. The molecule has 4 rings (SSSR count). The Morgan fingerprint density at radius 1 is 1.09 bits per heavy atom. The van der Waals surface area contributed by atoms with Gasteiger partial charge in [-0.1, -0.05) is 54.6 Å². The molecule has 1 amide bonds. The van der Waals surface area contributed by atoms with Gasteiger partial charge in [-0.05, 0) is 24.0 Å². The molecule has 2 N–H and O–H groups in total. The van der Waals surface area contributed by atoms with Crippen molar-refractivity contribution in [1.82, 2.24) is 15.5 Å². The number of aryl methyl sites for hydroxylation is 1. The third kappa shape index (κ3) is 2.52. The summed E-state index contributed by atoms with van der Waals surface area (Å²) in [4.78, 5) is 12.7. The van der Waals surface area contributed by atoms with Crippen molar-refractivity contribution in [2.75, 3.05) is 0 Å². The van der Waals surface area contributed by atoms with E-state index in [-0.39, 0.29) is 11.9 Å². The molecule has 2 aromatic carbocycles. The quantitative estimate of drug-likeness (QED) is 0.778. The van der Waals surface area contributed by atoms with Crippen molar-refractivity contribution in [3.8, 4) is 11.3 Å². The van der Waals surface area contributed by atoms with Crippen molar-refractivity contribution in [2.45, 2.75) is 18.9 Å². The van der Waals surface area contributed by atoms with Gasteiger partial charge in [-0.15, -0.1) is 0 Å². The molecule has 0 unspecified atom stereocenters. The number of hydrogen-bond donors (Lipinski definition) is 2. The molecule has 0 spiro atoms. The molecule has 0 saturated carbocycles. The van der Waals surface area contributed by atoms with Crippen molar-refractivity contribution < 1.29 is 4.79 Å². The molecule has 1 heterocycles. The van der Waals surface area contributed by atoms with Gasteiger partial charge in [-0.2, -0.15) is 5.10 Å². The highest BCUT2D eigenvalue weighted by atomic mass is 16.1. The average molecular weight is 303 g/mol. The zero-order chi connectivity index (χ0) is 15.6. The smallest absolute Gasteiger partial charge is 0.255 e. The van der Waals surface area contributed by atoms with E-state index in [0.29, 0.717) is 5.56 Å². The van der Waals surface area contributed by atoms with E-state index < -0.39 is 0 Å². The summed E-state index contributed by atoms with van der Waals surface area (Å²) in [6.45, 7) is 0. The Balaban J connectivity index is 1.59. The predicted octanol–water partition coefficient (Wildman–Crippen LogP) is 3.49. The second-order valence-corrected chi connectivity index (χ2v) is 5.79. The van der Waals surface area contributed by atoms with Gasteiger partial charge < -0.3 is 5.32 Å². The maximum Gasteiger partial charge on any atom is 0.255 e. The number of benzene rings is 2. The second kappa shape index (κ2) is 5.72. The van der Waals surface area contributed by atoms with Crippen LogP contribution in [-0.4, -0.2) is 16.1 Å². The number of H-pyrrole nitrogens is 1. The molecule has 0 radical (unpaired) electrons. The molecular weight excluding hydrogens is 286 g/mol. The van der Waals surface area contributed by atoms with Gasteiger partial charge in [-0.25, -0.2) is 0 Å². The first-order valence-electron chi connectivity index (χ1n) is 7.80. The molecule has 4 heteroatoms. The molecule has 1 atom stereocenters. The van der Waals surface area contributed by atoms with E-state index in [1.54, 1.807) is 6.20 Å². The minimum absolute atomic E-state index is 0.0808. The topological polar surface area (TPSA) is 57.8 Å². The summed E-state index contributed by atoms with van der Waals surface area (Å²) in [6.07, 6.45) is 3.56. The number of carbonyl (C=O) groups excluding carboxylic acids is 1. The molecule has 1 aliphatic rings. The van der Waals surface area contributed by atoms with E-state index in [9.17, 15) is 4.79 Å². The number of fused-ring (bicyclic) bond motifs is 1. The molecule has 0 fully saturated rings. The van der Waals surface area contributed by atoms with Gasteiger partial charge in [0, 0.05) is 5.56 Å². The standard InChI is InChI=1S/C19H17N3O/c23-19(21-17-11-10-13-6-4-5-9-15(13)17)16-12-20-22-18(16)14-7-2-1-3-8-14/h1-9,12,17H,10-11H2,(H,20,22)(H,21,23)/t17-/m1/s1. The van der Waals surface area contributed by atoms with Crippen LogP contribution in [0.5, 0.6) is 0 Å². The highest BCUT2D eigenvalue weighted by Crippen LogP contribution is 2.31. The Morgan fingerprint density at radius 3 is 2.74 bits per heavy atom. The summed E-state index contributed by atoms with van der Waals surface area (Å²) >= 11 is 0. The fourth-order valence-electron chi connectivity index (χ4n) is 3.23. The SMILES string of the molecule is O=C(N[C@@H]1CCc2ccccc21)c1cn[nH]c1-c1ccccc1. The summed E-state index contributed by atoms with van der Waals surface area (Å²) in [5.41, 5.74) is 4.86. The maximum absolute atomic E-state index is 12.7. The lowest BCUT2D eigenvalue weighted by Crippen LogP contribution is -2.27. The number of aromatic amines is 1. The Labute approximate surface area is 134 Å². The van der Waals surface area contributed by atoms with Gasteiger partial charge in [-0.3, -0.25) is 9.89 Å². The van der Waals surface area contributed by atoms with Crippen LogP contribution in [0.3, 0.4) is 0 Å². The van der Waals surface area contributed by atoms with E-state index >= 15 is 0 Å². The summed E-state index contributed by atoms with van der Waals surface area (Å²) in [5, 5.41) is 10.1. The van der Waals surface area contributed by atoms with E-state index in [2.05, 4.69) is 27.6 Å². The lowest BCUT2D eigenvalue weighted by molar-refractivity contribution is 0.0937. The molecule has 4 nitrogen and oxygen atoms in total. The van der Waals surface area contributed by atoms with Crippen LogP contribution in [-0.2, 0) is 6.42 Å². The lowest BCUT2D eigenvalue weighted by atomic mass is 10.1. The van der Waals surface area contributed by atoms with Crippen LogP contribution in [0.1, 0.15) is 33.9 Å². The fourth-order valence-corrected chi connectivity index (χ4v) is 3.23. The van der Waals surface area contributed by atoms with E-state index in [4.69, 9.17) is 0 Å². The number of rotatable bonds is 3. The van der Waals surface area contributed by atoms with Crippen molar-refractivity contribution in [2.24, 2.45) is 0 Å². The van der Waals surface area contributed by atoms with Gasteiger partial charge in [0.2, 0.25) is 0 Å².